The fourth-order valence-electron chi connectivity index (χ4n) is 3.13. The number of anilines is 1. The van der Waals surface area contributed by atoms with Gasteiger partial charge >= 0.3 is 5.97 Å². The molecule has 0 radical (unpaired) electrons. The Labute approximate surface area is 183 Å². The van der Waals surface area contributed by atoms with E-state index in [1.54, 1.807) is 48.5 Å². The molecule has 1 amide bonds. The maximum Gasteiger partial charge on any atom is 0.339 e. The first-order chi connectivity index (χ1) is 15.5. The van der Waals surface area contributed by atoms with E-state index in [2.05, 4.69) is 10.3 Å². The van der Waals surface area contributed by atoms with E-state index in [9.17, 15) is 14.4 Å². The van der Waals surface area contributed by atoms with E-state index in [4.69, 9.17) is 9.47 Å². The Morgan fingerprint density at radius 2 is 1.53 bits per heavy atom. The lowest BCUT2D eigenvalue weighted by molar-refractivity contribution is -0.123. The molecule has 0 aliphatic rings. The van der Waals surface area contributed by atoms with E-state index >= 15 is 0 Å². The standard InChI is InChI=1S/C25H20N2O5/c1-16(31-25(30)21-15-23(28)27-22-10-6-5-9-20(21)22)24(29)26-17-11-13-19(14-12-17)32-18-7-3-2-4-8-18/h2-16H,1H3,(H,26,29)(H,27,28). The molecule has 0 saturated carbocycles. The van der Waals surface area contributed by atoms with Crippen LogP contribution in [0, 0.1) is 0 Å². The van der Waals surface area contributed by atoms with Crippen LogP contribution in [0.5, 0.6) is 11.5 Å². The van der Waals surface area contributed by atoms with Crippen LogP contribution in [0.1, 0.15) is 17.3 Å². The van der Waals surface area contributed by atoms with Crippen molar-refractivity contribution in [3.05, 3.63) is 101 Å². The highest BCUT2D eigenvalue weighted by Crippen LogP contribution is 2.23. The molecular formula is C25H20N2O5. The van der Waals surface area contributed by atoms with Crippen molar-refractivity contribution in [2.24, 2.45) is 0 Å². The summed E-state index contributed by atoms with van der Waals surface area (Å²) in [5, 5.41) is 3.24. The molecule has 7 heteroatoms. The van der Waals surface area contributed by atoms with Crippen LogP contribution in [-0.2, 0) is 9.53 Å². The van der Waals surface area contributed by atoms with E-state index in [0.717, 1.165) is 0 Å². The van der Waals surface area contributed by atoms with Crippen molar-refractivity contribution >= 4 is 28.5 Å². The third kappa shape index (κ3) is 4.84. The Hall–Kier alpha value is -4.39. The zero-order chi connectivity index (χ0) is 22.5. The van der Waals surface area contributed by atoms with Gasteiger partial charge < -0.3 is 19.8 Å². The van der Waals surface area contributed by atoms with Gasteiger partial charge in [0.15, 0.2) is 6.10 Å². The fourth-order valence-corrected chi connectivity index (χ4v) is 3.13. The zero-order valence-corrected chi connectivity index (χ0v) is 17.2. The number of aromatic nitrogens is 1. The second-order valence-corrected chi connectivity index (χ2v) is 7.07. The van der Waals surface area contributed by atoms with Gasteiger partial charge in [-0.05, 0) is 49.4 Å². The number of fused-ring (bicyclic) bond motifs is 1. The summed E-state index contributed by atoms with van der Waals surface area (Å²) in [6, 6.07) is 24.2. The van der Waals surface area contributed by atoms with Crippen molar-refractivity contribution < 1.29 is 19.1 Å². The molecular weight excluding hydrogens is 408 g/mol. The minimum atomic E-state index is -1.07. The molecule has 0 bridgehead atoms. The second-order valence-electron chi connectivity index (χ2n) is 7.07. The Kier molecular flexibility index (Phi) is 5.98. The minimum Gasteiger partial charge on any atom is -0.457 e. The Balaban J connectivity index is 1.40. The van der Waals surface area contributed by atoms with E-state index in [1.165, 1.54) is 13.0 Å². The van der Waals surface area contributed by atoms with Crippen LogP contribution in [-0.4, -0.2) is 23.0 Å². The number of pyridine rings is 1. The van der Waals surface area contributed by atoms with Gasteiger partial charge in [-0.2, -0.15) is 0 Å². The summed E-state index contributed by atoms with van der Waals surface area (Å²) in [7, 11) is 0. The molecule has 0 fully saturated rings. The summed E-state index contributed by atoms with van der Waals surface area (Å²) in [4.78, 5) is 39.6. The molecule has 4 aromatic rings. The largest absolute Gasteiger partial charge is 0.457 e. The number of aromatic amines is 1. The van der Waals surface area contributed by atoms with Gasteiger partial charge in [-0.25, -0.2) is 4.79 Å². The second kappa shape index (κ2) is 9.18. The summed E-state index contributed by atoms with van der Waals surface area (Å²) in [6.07, 6.45) is -1.07. The number of carbonyl (C=O) groups is 2. The molecule has 1 unspecified atom stereocenters. The molecule has 2 N–H and O–H groups in total. The molecule has 3 aromatic carbocycles. The molecule has 1 aromatic heterocycles. The Bertz CT molecular complexity index is 1310. The molecule has 0 spiro atoms. The average Bonchev–Trinajstić information content (AvgIpc) is 2.80. The van der Waals surface area contributed by atoms with Gasteiger partial charge in [0.2, 0.25) is 5.56 Å². The molecule has 7 nitrogen and oxygen atoms in total. The van der Waals surface area contributed by atoms with Gasteiger partial charge in [-0.3, -0.25) is 9.59 Å². The number of hydrogen-bond donors (Lipinski definition) is 2. The minimum absolute atomic E-state index is 0.103. The lowest BCUT2D eigenvalue weighted by atomic mass is 10.1. The smallest absolute Gasteiger partial charge is 0.339 e. The quantitative estimate of drug-likeness (QED) is 0.441. The topological polar surface area (TPSA) is 97.5 Å². The SMILES string of the molecule is CC(OC(=O)c1cc(=O)[nH]c2ccccc12)C(=O)Nc1ccc(Oc2ccccc2)cc1. The highest BCUT2D eigenvalue weighted by Gasteiger charge is 2.21. The van der Waals surface area contributed by atoms with Gasteiger partial charge in [0, 0.05) is 22.7 Å². The third-order valence-electron chi connectivity index (χ3n) is 4.72. The van der Waals surface area contributed by atoms with Gasteiger partial charge in [0.25, 0.3) is 5.91 Å². The van der Waals surface area contributed by atoms with E-state index in [0.29, 0.717) is 28.1 Å². The first-order valence-corrected chi connectivity index (χ1v) is 9.96. The highest BCUT2D eigenvalue weighted by atomic mass is 16.5. The average molecular weight is 428 g/mol. The van der Waals surface area contributed by atoms with Crippen molar-refractivity contribution in [1.82, 2.24) is 4.98 Å². The van der Waals surface area contributed by atoms with Crippen LogP contribution in [0.2, 0.25) is 0 Å². The number of amides is 1. The maximum atomic E-state index is 12.6. The van der Waals surface area contributed by atoms with Gasteiger partial charge in [0.1, 0.15) is 11.5 Å². The number of esters is 1. The lowest BCUT2D eigenvalue weighted by Gasteiger charge is -2.14. The van der Waals surface area contributed by atoms with Crippen LogP contribution in [0.4, 0.5) is 5.69 Å². The normalized spacial score (nSPS) is 11.5. The number of H-pyrrole nitrogens is 1. The molecule has 0 saturated heterocycles. The predicted molar refractivity (Wildman–Crippen MR) is 121 cm³/mol. The Morgan fingerprint density at radius 3 is 2.28 bits per heavy atom. The summed E-state index contributed by atoms with van der Waals surface area (Å²) < 4.78 is 11.0. The van der Waals surface area contributed by atoms with E-state index < -0.39 is 23.5 Å². The predicted octanol–water partition coefficient (Wildman–Crippen LogP) is 4.50. The molecule has 0 aliphatic carbocycles. The summed E-state index contributed by atoms with van der Waals surface area (Å²) in [5.41, 5.74) is 0.721. The van der Waals surface area contributed by atoms with Crippen LogP contribution in [0.15, 0.2) is 89.7 Å². The van der Waals surface area contributed by atoms with Crippen molar-refractivity contribution in [1.29, 1.82) is 0 Å². The molecule has 0 aliphatic heterocycles. The number of para-hydroxylation sites is 2. The van der Waals surface area contributed by atoms with Gasteiger partial charge in [0.05, 0.1) is 5.56 Å². The summed E-state index contributed by atoms with van der Waals surface area (Å²) >= 11 is 0. The molecule has 160 valence electrons. The van der Waals surface area contributed by atoms with Crippen molar-refractivity contribution in [3.8, 4) is 11.5 Å². The maximum absolute atomic E-state index is 12.6. The lowest BCUT2D eigenvalue weighted by Crippen LogP contribution is -2.30. The van der Waals surface area contributed by atoms with Crippen molar-refractivity contribution in [2.45, 2.75) is 13.0 Å². The number of nitrogens with one attached hydrogen (secondary N) is 2. The third-order valence-corrected chi connectivity index (χ3v) is 4.72. The molecule has 4 rings (SSSR count). The van der Waals surface area contributed by atoms with Crippen molar-refractivity contribution in [3.63, 3.8) is 0 Å². The number of benzene rings is 3. The number of hydrogen-bond acceptors (Lipinski definition) is 5. The number of carbonyl (C=O) groups excluding carboxylic acids is 2. The monoisotopic (exact) mass is 428 g/mol. The van der Waals surface area contributed by atoms with Crippen molar-refractivity contribution in [2.75, 3.05) is 5.32 Å². The van der Waals surface area contributed by atoms with Crippen LogP contribution >= 0.6 is 0 Å². The fraction of sp³-hybridized carbons (Fsp3) is 0.0800. The molecule has 32 heavy (non-hydrogen) atoms. The number of rotatable bonds is 6. The van der Waals surface area contributed by atoms with Crippen LogP contribution in [0.3, 0.4) is 0 Å². The summed E-state index contributed by atoms with van der Waals surface area (Å²) in [6.45, 7) is 1.47. The van der Waals surface area contributed by atoms with Crippen LogP contribution < -0.4 is 15.6 Å². The zero-order valence-electron chi connectivity index (χ0n) is 17.2. The van der Waals surface area contributed by atoms with E-state index in [-0.39, 0.29) is 5.56 Å². The number of ether oxygens (including phenoxy) is 2. The van der Waals surface area contributed by atoms with Crippen LogP contribution in [0.25, 0.3) is 10.9 Å². The summed E-state index contributed by atoms with van der Waals surface area (Å²) in [5.74, 6) is 0.0812. The Morgan fingerprint density at radius 1 is 0.875 bits per heavy atom. The molecule has 1 heterocycles. The first kappa shape index (κ1) is 20.9. The van der Waals surface area contributed by atoms with Gasteiger partial charge in [-0.1, -0.05) is 36.4 Å². The van der Waals surface area contributed by atoms with E-state index in [1.807, 2.05) is 30.3 Å². The first-order valence-electron chi connectivity index (χ1n) is 9.96. The van der Waals surface area contributed by atoms with Gasteiger partial charge in [-0.15, -0.1) is 0 Å². The molecule has 1 atom stereocenters. The highest BCUT2D eigenvalue weighted by molar-refractivity contribution is 6.04.